The van der Waals surface area contributed by atoms with Crippen LogP contribution in [0.1, 0.15) is 63.8 Å². The normalized spacial score (nSPS) is 25.3. The van der Waals surface area contributed by atoms with Crippen molar-refractivity contribution in [1.29, 1.82) is 0 Å². The first-order valence-electron chi connectivity index (χ1n) is 17.1. The molecule has 0 unspecified atom stereocenters. The van der Waals surface area contributed by atoms with Crippen molar-refractivity contribution < 1.29 is 0 Å². The van der Waals surface area contributed by atoms with E-state index in [1.54, 1.807) is 0 Å². The van der Waals surface area contributed by atoms with Crippen molar-refractivity contribution in [3.63, 3.8) is 0 Å². The van der Waals surface area contributed by atoms with Gasteiger partial charge in [-0.2, -0.15) is 0 Å². The van der Waals surface area contributed by atoms with Crippen LogP contribution < -0.4 is 10.6 Å². The Morgan fingerprint density at radius 1 is 0.622 bits per heavy atom. The Morgan fingerprint density at radius 2 is 1.16 bits per heavy atom. The number of aromatic nitrogens is 1. The molecule has 5 aliphatic heterocycles. The smallest absolute Gasteiger partial charge is 0.0459 e. The molecule has 5 aliphatic rings. The Balaban J connectivity index is 0.000000108. The number of nitrogens with one attached hydrogen (secondary N) is 3. The molecule has 9 rings (SSSR count). The third-order valence-corrected chi connectivity index (χ3v) is 10.8. The van der Waals surface area contributed by atoms with E-state index in [0.717, 1.165) is 13.0 Å². The summed E-state index contributed by atoms with van der Waals surface area (Å²) < 4.78 is 0. The molecule has 45 heavy (non-hydrogen) atoms. The van der Waals surface area contributed by atoms with Gasteiger partial charge in [-0.05, 0) is 109 Å². The van der Waals surface area contributed by atoms with Gasteiger partial charge >= 0.3 is 0 Å². The minimum atomic E-state index is 0.679. The standard InChI is InChI=1S/2C13H18N2.C13H16N2/c3*1-9-3-4-12-10(7-9)11-8-15(2)6-5-13(11)14-12/h2*3-4,7,11,13-14H,5-6,8H2,1-2H3;3-4,7,14H,5-6,8H2,1-2H3/t2*11-,13+;/m10./s1. The van der Waals surface area contributed by atoms with Crippen LogP contribution in [0.4, 0.5) is 11.4 Å². The van der Waals surface area contributed by atoms with E-state index in [2.05, 4.69) is 127 Å². The highest BCUT2D eigenvalue weighted by Crippen LogP contribution is 2.41. The summed E-state index contributed by atoms with van der Waals surface area (Å²) in [6.07, 6.45) is 3.70. The molecule has 6 heterocycles. The molecule has 0 bridgehead atoms. The molecule has 3 N–H and O–H groups in total. The molecule has 0 aliphatic carbocycles. The molecule has 6 heteroatoms. The van der Waals surface area contributed by atoms with Gasteiger partial charge in [-0.1, -0.05) is 47.0 Å². The van der Waals surface area contributed by atoms with Crippen LogP contribution in [0.15, 0.2) is 54.6 Å². The van der Waals surface area contributed by atoms with Gasteiger partial charge in [-0.25, -0.2) is 0 Å². The summed E-state index contributed by atoms with van der Waals surface area (Å²) in [4.78, 5) is 10.8. The van der Waals surface area contributed by atoms with Crippen molar-refractivity contribution in [3.05, 3.63) is 93.7 Å². The number of benzene rings is 3. The van der Waals surface area contributed by atoms with Gasteiger partial charge in [-0.15, -0.1) is 0 Å². The quantitative estimate of drug-likeness (QED) is 0.204. The van der Waals surface area contributed by atoms with Crippen LogP contribution in [-0.4, -0.2) is 85.6 Å². The summed E-state index contributed by atoms with van der Waals surface area (Å²) in [6, 6.07) is 21.6. The maximum Gasteiger partial charge on any atom is 0.0459 e. The molecule has 0 radical (unpaired) electrons. The number of piperidine rings is 2. The number of fused-ring (bicyclic) bond motifs is 9. The average Bonchev–Trinajstić information content (AvgIpc) is 3.68. The number of rotatable bonds is 0. The van der Waals surface area contributed by atoms with Gasteiger partial charge in [-0.3, -0.25) is 0 Å². The molecule has 0 saturated carbocycles. The van der Waals surface area contributed by atoms with Gasteiger partial charge < -0.3 is 30.3 Å². The van der Waals surface area contributed by atoms with E-state index in [4.69, 9.17) is 0 Å². The zero-order valence-corrected chi connectivity index (χ0v) is 28.2. The van der Waals surface area contributed by atoms with Gasteiger partial charge in [0.05, 0.1) is 0 Å². The molecular formula is C39H52N6. The van der Waals surface area contributed by atoms with Crippen LogP contribution in [0.25, 0.3) is 10.9 Å². The van der Waals surface area contributed by atoms with Crippen LogP contribution in [0, 0.1) is 20.8 Å². The van der Waals surface area contributed by atoms with E-state index in [1.165, 1.54) is 107 Å². The minimum Gasteiger partial charge on any atom is -0.381 e. The summed E-state index contributed by atoms with van der Waals surface area (Å²) in [6.45, 7) is 13.6. The largest absolute Gasteiger partial charge is 0.381 e. The van der Waals surface area contributed by atoms with Crippen molar-refractivity contribution in [1.82, 2.24) is 19.7 Å². The van der Waals surface area contributed by atoms with E-state index in [-0.39, 0.29) is 0 Å². The Hall–Kier alpha value is -3.32. The number of aryl methyl sites for hydroxylation is 3. The lowest BCUT2D eigenvalue weighted by atomic mass is 9.89. The molecule has 4 atom stereocenters. The summed E-state index contributed by atoms with van der Waals surface area (Å²) in [7, 11) is 6.64. The van der Waals surface area contributed by atoms with E-state index in [9.17, 15) is 0 Å². The SMILES string of the molecule is Cc1ccc2[nH]c3c(c2c1)CN(C)CC3.Cc1ccc2c(c1)[C@@H]1CN(C)CC[C@H]1N2.Cc1ccc2c(c1)[C@H]1CN(C)CC[C@@H]1N2. The van der Waals surface area contributed by atoms with E-state index >= 15 is 0 Å². The fraction of sp³-hybridized carbons (Fsp3) is 0.487. The summed E-state index contributed by atoms with van der Waals surface area (Å²) in [5, 5.41) is 8.73. The van der Waals surface area contributed by atoms with Crippen LogP contribution in [-0.2, 0) is 13.0 Å². The lowest BCUT2D eigenvalue weighted by Crippen LogP contribution is -2.39. The number of likely N-dealkylation sites (tertiary alicyclic amines) is 2. The second-order valence-corrected chi connectivity index (χ2v) is 14.6. The Bertz CT molecular complexity index is 1600. The molecular weight excluding hydrogens is 552 g/mol. The summed E-state index contributed by atoms with van der Waals surface area (Å²) >= 11 is 0. The van der Waals surface area contributed by atoms with Crippen molar-refractivity contribution in [3.8, 4) is 0 Å². The van der Waals surface area contributed by atoms with Crippen molar-refractivity contribution in [2.24, 2.45) is 0 Å². The van der Waals surface area contributed by atoms with Crippen molar-refractivity contribution >= 4 is 22.3 Å². The first-order valence-corrected chi connectivity index (χ1v) is 17.1. The average molecular weight is 605 g/mol. The number of hydrogen-bond acceptors (Lipinski definition) is 5. The number of aromatic amines is 1. The van der Waals surface area contributed by atoms with Gasteiger partial charge in [0.25, 0.3) is 0 Å². The van der Waals surface area contributed by atoms with Crippen LogP contribution >= 0.6 is 0 Å². The van der Waals surface area contributed by atoms with Gasteiger partial charge in [0, 0.05) is 84.5 Å². The lowest BCUT2D eigenvalue weighted by Gasteiger charge is -2.32. The van der Waals surface area contributed by atoms with Gasteiger partial charge in [0.15, 0.2) is 0 Å². The second kappa shape index (κ2) is 12.5. The van der Waals surface area contributed by atoms with E-state index in [1.807, 2.05) is 0 Å². The number of hydrogen-bond donors (Lipinski definition) is 3. The number of anilines is 2. The third-order valence-electron chi connectivity index (χ3n) is 10.8. The highest BCUT2D eigenvalue weighted by molar-refractivity contribution is 5.85. The van der Waals surface area contributed by atoms with E-state index in [0.29, 0.717) is 23.9 Å². The Kier molecular flexibility index (Phi) is 8.40. The third kappa shape index (κ3) is 6.25. The van der Waals surface area contributed by atoms with Gasteiger partial charge in [0.1, 0.15) is 0 Å². The fourth-order valence-electron chi connectivity index (χ4n) is 8.31. The van der Waals surface area contributed by atoms with Crippen LogP contribution in [0.2, 0.25) is 0 Å². The van der Waals surface area contributed by atoms with E-state index < -0.39 is 0 Å². The molecule has 2 saturated heterocycles. The Labute approximate surface area is 270 Å². The zero-order chi connectivity index (χ0) is 31.2. The van der Waals surface area contributed by atoms with Crippen molar-refractivity contribution in [2.45, 2.75) is 70.5 Å². The number of H-pyrrole nitrogens is 1. The molecule has 2 fully saturated rings. The fourth-order valence-corrected chi connectivity index (χ4v) is 8.31. The molecule has 4 aromatic rings. The highest BCUT2D eigenvalue weighted by Gasteiger charge is 2.36. The number of likely N-dealkylation sites (N-methyl/N-ethyl adjacent to an activating group) is 3. The first kappa shape index (κ1) is 30.3. The summed E-state index contributed by atoms with van der Waals surface area (Å²) in [5.41, 5.74) is 14.1. The second-order valence-electron chi connectivity index (χ2n) is 14.6. The summed E-state index contributed by atoms with van der Waals surface area (Å²) in [5.74, 6) is 1.41. The highest BCUT2D eigenvalue weighted by atomic mass is 15.1. The van der Waals surface area contributed by atoms with Crippen LogP contribution in [0.5, 0.6) is 0 Å². The maximum atomic E-state index is 3.66. The maximum absolute atomic E-state index is 3.66. The number of nitrogens with zero attached hydrogens (tertiary/aromatic N) is 3. The molecule has 1 aromatic heterocycles. The van der Waals surface area contributed by atoms with Gasteiger partial charge in [0.2, 0.25) is 0 Å². The molecule has 238 valence electrons. The Morgan fingerprint density at radius 3 is 1.73 bits per heavy atom. The molecule has 0 amide bonds. The predicted octanol–water partition coefficient (Wildman–Crippen LogP) is 6.88. The van der Waals surface area contributed by atoms with Crippen LogP contribution in [0.3, 0.4) is 0 Å². The first-order chi connectivity index (χ1) is 21.7. The monoisotopic (exact) mass is 604 g/mol. The minimum absolute atomic E-state index is 0.679. The topological polar surface area (TPSA) is 49.6 Å². The molecule has 0 spiro atoms. The molecule has 3 aromatic carbocycles. The molecule has 6 nitrogen and oxygen atoms in total. The van der Waals surface area contributed by atoms with Crippen molar-refractivity contribution in [2.75, 3.05) is 64.5 Å². The zero-order valence-electron chi connectivity index (χ0n) is 28.2. The lowest BCUT2D eigenvalue weighted by molar-refractivity contribution is 0.243. The predicted molar refractivity (Wildman–Crippen MR) is 190 cm³/mol.